The van der Waals surface area contributed by atoms with Gasteiger partial charge in [-0.15, -0.1) is 0 Å². The van der Waals surface area contributed by atoms with Crippen LogP contribution in [0.1, 0.15) is 40.5 Å². The van der Waals surface area contributed by atoms with E-state index in [0.717, 1.165) is 0 Å². The standard InChI is InChI=1S/C15H30N2O5/c1-5-20-10-11-21-9-8-17-13(18)7-6-12(16)14(19)22-15(2,3)4/h12H,5-11,16H2,1-4H3,(H,17,18). The minimum Gasteiger partial charge on any atom is -0.459 e. The Bertz CT molecular complexity index is 328. The monoisotopic (exact) mass is 318 g/mol. The Morgan fingerprint density at radius 1 is 1.14 bits per heavy atom. The molecule has 0 aromatic rings. The lowest BCUT2D eigenvalue weighted by Gasteiger charge is -2.22. The third-order valence-corrected chi connectivity index (χ3v) is 2.54. The molecule has 0 aliphatic rings. The van der Waals surface area contributed by atoms with Gasteiger partial charge >= 0.3 is 5.97 Å². The van der Waals surface area contributed by atoms with Gasteiger partial charge < -0.3 is 25.3 Å². The van der Waals surface area contributed by atoms with Gasteiger partial charge in [0, 0.05) is 19.6 Å². The molecule has 0 radical (unpaired) electrons. The number of hydrogen-bond donors (Lipinski definition) is 2. The highest BCUT2D eigenvalue weighted by Crippen LogP contribution is 2.09. The highest BCUT2D eigenvalue weighted by molar-refractivity contribution is 5.79. The smallest absolute Gasteiger partial charge is 0.323 e. The van der Waals surface area contributed by atoms with Crippen LogP contribution in [-0.2, 0) is 23.8 Å². The molecule has 1 atom stereocenters. The van der Waals surface area contributed by atoms with E-state index in [1.54, 1.807) is 20.8 Å². The molecule has 0 heterocycles. The van der Waals surface area contributed by atoms with E-state index in [9.17, 15) is 9.59 Å². The molecule has 0 aromatic carbocycles. The lowest BCUT2D eigenvalue weighted by atomic mass is 10.1. The topological polar surface area (TPSA) is 99.9 Å². The second-order valence-electron chi connectivity index (χ2n) is 5.84. The Labute approximate surface area is 132 Å². The van der Waals surface area contributed by atoms with Gasteiger partial charge in [0.1, 0.15) is 11.6 Å². The SMILES string of the molecule is CCOCCOCCNC(=O)CCC(N)C(=O)OC(C)(C)C. The van der Waals surface area contributed by atoms with E-state index >= 15 is 0 Å². The minimum atomic E-state index is -0.785. The Hall–Kier alpha value is -1.18. The third-order valence-electron chi connectivity index (χ3n) is 2.54. The second kappa shape index (κ2) is 11.4. The van der Waals surface area contributed by atoms with Gasteiger partial charge in [-0.05, 0) is 34.1 Å². The molecule has 1 unspecified atom stereocenters. The first-order valence-corrected chi connectivity index (χ1v) is 7.67. The number of carbonyl (C=O) groups is 2. The molecule has 0 spiro atoms. The molecule has 3 N–H and O–H groups in total. The molecule has 7 nitrogen and oxygen atoms in total. The highest BCUT2D eigenvalue weighted by Gasteiger charge is 2.22. The first kappa shape index (κ1) is 20.8. The van der Waals surface area contributed by atoms with E-state index in [-0.39, 0.29) is 18.7 Å². The summed E-state index contributed by atoms with van der Waals surface area (Å²) in [5, 5.41) is 2.70. The van der Waals surface area contributed by atoms with Gasteiger partial charge in [-0.25, -0.2) is 0 Å². The number of hydrogen-bond acceptors (Lipinski definition) is 6. The Balaban J connectivity index is 3.66. The van der Waals surface area contributed by atoms with Crippen LogP contribution in [0.15, 0.2) is 0 Å². The maximum absolute atomic E-state index is 11.6. The van der Waals surface area contributed by atoms with Crippen molar-refractivity contribution in [3.8, 4) is 0 Å². The van der Waals surface area contributed by atoms with Crippen LogP contribution in [0, 0.1) is 0 Å². The average Bonchev–Trinajstić information content (AvgIpc) is 2.41. The van der Waals surface area contributed by atoms with E-state index in [4.69, 9.17) is 19.9 Å². The molecule has 7 heteroatoms. The molecule has 0 aliphatic heterocycles. The van der Waals surface area contributed by atoms with Crippen LogP contribution >= 0.6 is 0 Å². The zero-order chi connectivity index (χ0) is 17.0. The summed E-state index contributed by atoms with van der Waals surface area (Å²) in [6, 6.07) is -0.785. The number of amides is 1. The van der Waals surface area contributed by atoms with Crippen molar-refractivity contribution in [2.45, 2.75) is 52.2 Å². The van der Waals surface area contributed by atoms with Gasteiger partial charge in [-0.3, -0.25) is 9.59 Å². The third kappa shape index (κ3) is 12.6. The molecule has 22 heavy (non-hydrogen) atoms. The van der Waals surface area contributed by atoms with Crippen molar-refractivity contribution in [2.24, 2.45) is 5.73 Å². The van der Waals surface area contributed by atoms with Crippen molar-refractivity contribution >= 4 is 11.9 Å². The zero-order valence-electron chi connectivity index (χ0n) is 14.1. The Morgan fingerprint density at radius 2 is 1.77 bits per heavy atom. The average molecular weight is 318 g/mol. The molecule has 0 fully saturated rings. The van der Waals surface area contributed by atoms with E-state index in [1.807, 2.05) is 6.92 Å². The fourth-order valence-corrected chi connectivity index (χ4v) is 1.50. The zero-order valence-corrected chi connectivity index (χ0v) is 14.1. The van der Waals surface area contributed by atoms with Crippen LogP contribution in [0.4, 0.5) is 0 Å². The van der Waals surface area contributed by atoms with Crippen molar-refractivity contribution in [1.82, 2.24) is 5.32 Å². The Kier molecular flexibility index (Phi) is 10.8. The van der Waals surface area contributed by atoms with Gasteiger partial charge in [0.15, 0.2) is 0 Å². The largest absolute Gasteiger partial charge is 0.459 e. The predicted molar refractivity (Wildman–Crippen MR) is 83.4 cm³/mol. The second-order valence-corrected chi connectivity index (χ2v) is 5.84. The molecule has 130 valence electrons. The summed E-state index contributed by atoms with van der Waals surface area (Å²) in [6.45, 7) is 9.81. The molecular weight excluding hydrogens is 288 g/mol. The summed E-state index contributed by atoms with van der Waals surface area (Å²) in [7, 11) is 0. The van der Waals surface area contributed by atoms with E-state index in [2.05, 4.69) is 5.32 Å². The van der Waals surface area contributed by atoms with Crippen molar-refractivity contribution in [1.29, 1.82) is 0 Å². The quantitative estimate of drug-likeness (QED) is 0.427. The van der Waals surface area contributed by atoms with E-state index < -0.39 is 17.6 Å². The first-order valence-electron chi connectivity index (χ1n) is 7.67. The molecule has 0 saturated heterocycles. The molecule has 0 saturated carbocycles. The maximum Gasteiger partial charge on any atom is 0.323 e. The normalized spacial score (nSPS) is 12.8. The number of nitrogens with two attached hydrogens (primary N) is 1. The minimum absolute atomic E-state index is 0.160. The number of ether oxygens (including phenoxy) is 3. The molecule has 0 bridgehead atoms. The maximum atomic E-state index is 11.6. The predicted octanol–water partition coefficient (Wildman–Crippen LogP) is 0.605. The number of carbonyl (C=O) groups excluding carboxylic acids is 2. The van der Waals surface area contributed by atoms with E-state index in [1.165, 1.54) is 0 Å². The molecule has 0 rings (SSSR count). The van der Waals surface area contributed by atoms with Gasteiger partial charge in [0.05, 0.1) is 19.8 Å². The van der Waals surface area contributed by atoms with Crippen LogP contribution in [0.25, 0.3) is 0 Å². The Morgan fingerprint density at radius 3 is 2.36 bits per heavy atom. The molecule has 0 aliphatic carbocycles. The summed E-state index contributed by atoms with van der Waals surface area (Å²) in [6.07, 6.45) is 0.436. The van der Waals surface area contributed by atoms with E-state index in [0.29, 0.717) is 33.0 Å². The van der Waals surface area contributed by atoms with Gasteiger partial charge in [-0.2, -0.15) is 0 Å². The van der Waals surface area contributed by atoms with Crippen molar-refractivity contribution < 1.29 is 23.8 Å². The van der Waals surface area contributed by atoms with Crippen LogP contribution in [-0.4, -0.2) is 56.5 Å². The molecule has 0 aromatic heterocycles. The lowest BCUT2D eigenvalue weighted by Crippen LogP contribution is -2.38. The fraction of sp³-hybridized carbons (Fsp3) is 0.867. The fourth-order valence-electron chi connectivity index (χ4n) is 1.50. The first-order chi connectivity index (χ1) is 10.3. The number of nitrogens with one attached hydrogen (secondary N) is 1. The van der Waals surface area contributed by atoms with Crippen LogP contribution in [0.3, 0.4) is 0 Å². The van der Waals surface area contributed by atoms with Crippen molar-refractivity contribution in [3.63, 3.8) is 0 Å². The summed E-state index contributed by atoms with van der Waals surface area (Å²) >= 11 is 0. The summed E-state index contributed by atoms with van der Waals surface area (Å²) < 4.78 is 15.5. The van der Waals surface area contributed by atoms with Crippen LogP contribution < -0.4 is 11.1 Å². The van der Waals surface area contributed by atoms with Crippen molar-refractivity contribution in [3.05, 3.63) is 0 Å². The number of esters is 1. The van der Waals surface area contributed by atoms with Crippen molar-refractivity contribution in [2.75, 3.05) is 33.0 Å². The molecule has 1 amide bonds. The lowest BCUT2D eigenvalue weighted by molar-refractivity contribution is -0.156. The summed E-state index contributed by atoms with van der Waals surface area (Å²) in [4.78, 5) is 23.2. The summed E-state index contributed by atoms with van der Waals surface area (Å²) in [5.74, 6) is -0.646. The molecular formula is C15H30N2O5. The van der Waals surface area contributed by atoms with Crippen LogP contribution in [0.2, 0.25) is 0 Å². The van der Waals surface area contributed by atoms with Gasteiger partial charge in [0.2, 0.25) is 5.91 Å². The highest BCUT2D eigenvalue weighted by atomic mass is 16.6. The number of rotatable bonds is 11. The van der Waals surface area contributed by atoms with Crippen LogP contribution in [0.5, 0.6) is 0 Å². The summed E-state index contributed by atoms with van der Waals surface area (Å²) in [5.41, 5.74) is 5.13. The van der Waals surface area contributed by atoms with Gasteiger partial charge in [-0.1, -0.05) is 0 Å². The van der Waals surface area contributed by atoms with Gasteiger partial charge in [0.25, 0.3) is 0 Å².